The van der Waals surface area contributed by atoms with Crippen LogP contribution in [-0.2, 0) is 22.4 Å². The lowest BCUT2D eigenvalue weighted by Crippen LogP contribution is -2.41. The molecule has 1 aromatic carbocycles. The Morgan fingerprint density at radius 1 is 1.22 bits per heavy atom. The van der Waals surface area contributed by atoms with Crippen LogP contribution in [0.3, 0.4) is 0 Å². The Morgan fingerprint density at radius 3 is 2.54 bits per heavy atom. The minimum absolute atomic E-state index is 0.0342. The lowest BCUT2D eigenvalue weighted by atomic mass is 9.97. The van der Waals surface area contributed by atoms with Crippen molar-refractivity contribution >= 4 is 51.8 Å². The van der Waals surface area contributed by atoms with Crippen LogP contribution in [0.15, 0.2) is 45.8 Å². The molecule has 0 radical (unpaired) electrons. The first-order valence-corrected chi connectivity index (χ1v) is 13.9. The first kappa shape index (κ1) is 29.0. The van der Waals surface area contributed by atoms with E-state index in [1.165, 1.54) is 16.2 Å². The molecule has 216 valence electrons. The summed E-state index contributed by atoms with van der Waals surface area (Å²) in [6, 6.07) is 5.37. The molecular formula is C25H20Cl2F3N5O5S. The second kappa shape index (κ2) is 11.4. The predicted octanol–water partition coefficient (Wildman–Crippen LogP) is 5.81. The lowest BCUT2D eigenvalue weighted by Gasteiger charge is -2.31. The molecule has 41 heavy (non-hydrogen) atoms. The molecule has 0 bridgehead atoms. The van der Waals surface area contributed by atoms with Gasteiger partial charge in [0.2, 0.25) is 5.91 Å². The highest BCUT2D eigenvalue weighted by atomic mass is 35.5. The average Bonchev–Trinajstić information content (AvgIpc) is 3.59. The number of thiazole rings is 1. The summed E-state index contributed by atoms with van der Waals surface area (Å²) in [5.41, 5.74) is -2.16. The number of pyridine rings is 1. The van der Waals surface area contributed by atoms with Crippen molar-refractivity contribution in [2.24, 2.45) is 5.16 Å². The molecule has 0 aliphatic carbocycles. The van der Waals surface area contributed by atoms with Crippen LogP contribution in [0.5, 0.6) is 0 Å². The van der Waals surface area contributed by atoms with Gasteiger partial charge in [0.25, 0.3) is 11.2 Å². The van der Waals surface area contributed by atoms with Crippen LogP contribution in [0.25, 0.3) is 0 Å². The summed E-state index contributed by atoms with van der Waals surface area (Å²) < 4.78 is 40.2. The minimum atomic E-state index is -5.10. The first-order valence-electron chi connectivity index (χ1n) is 12.3. The fourth-order valence-corrected chi connectivity index (χ4v) is 6.41. The van der Waals surface area contributed by atoms with Crippen molar-refractivity contribution in [1.29, 1.82) is 0 Å². The van der Waals surface area contributed by atoms with Crippen molar-refractivity contribution in [3.8, 4) is 0 Å². The smallest absolute Gasteiger partial charge is 0.387 e. The molecule has 10 nitrogen and oxygen atoms in total. The van der Waals surface area contributed by atoms with Gasteiger partial charge in [0.15, 0.2) is 6.10 Å². The first-order chi connectivity index (χ1) is 19.4. The van der Waals surface area contributed by atoms with Crippen LogP contribution in [0.1, 0.15) is 53.1 Å². The molecule has 5 rings (SSSR count). The zero-order valence-electron chi connectivity index (χ0n) is 20.9. The molecule has 2 aliphatic rings. The Kier molecular flexibility index (Phi) is 8.08. The predicted molar refractivity (Wildman–Crippen MR) is 144 cm³/mol. The Bertz CT molecular complexity index is 1580. The zero-order chi connectivity index (χ0) is 29.5. The van der Waals surface area contributed by atoms with Gasteiger partial charge in [0.05, 0.1) is 21.8 Å². The molecule has 2 aliphatic heterocycles. The van der Waals surface area contributed by atoms with E-state index >= 15 is 0 Å². The van der Waals surface area contributed by atoms with Gasteiger partial charge >= 0.3 is 6.18 Å². The second-order valence-electron chi connectivity index (χ2n) is 9.50. The second-order valence-corrected chi connectivity index (χ2v) is 11.2. The number of nitrogens with zero attached hydrogens (tertiary/aromatic N) is 5. The number of alkyl halides is 3. The van der Waals surface area contributed by atoms with E-state index in [4.69, 9.17) is 33.0 Å². The number of carbonyl (C=O) groups excluding carboxylic acids is 1. The van der Waals surface area contributed by atoms with Crippen molar-refractivity contribution in [2.45, 2.75) is 44.0 Å². The van der Waals surface area contributed by atoms with Crippen LogP contribution in [0.4, 0.5) is 18.9 Å². The third-order valence-corrected chi connectivity index (χ3v) is 8.56. The van der Waals surface area contributed by atoms with Crippen molar-refractivity contribution in [2.75, 3.05) is 13.1 Å². The fraction of sp³-hybridized carbons (Fsp3) is 0.360. The Labute approximate surface area is 244 Å². The average molecular weight is 630 g/mol. The molecule has 1 atom stereocenters. The topological polar surface area (TPSA) is 120 Å². The number of carbonyl (C=O) groups is 1. The zero-order valence-corrected chi connectivity index (χ0v) is 23.3. The highest BCUT2D eigenvalue weighted by Crippen LogP contribution is 2.39. The number of aromatic nitrogens is 2. The van der Waals surface area contributed by atoms with Crippen molar-refractivity contribution in [3.05, 3.63) is 88.2 Å². The van der Waals surface area contributed by atoms with Gasteiger partial charge < -0.3 is 9.74 Å². The third kappa shape index (κ3) is 6.09. The van der Waals surface area contributed by atoms with E-state index in [0.29, 0.717) is 57.0 Å². The van der Waals surface area contributed by atoms with Crippen LogP contribution in [0.2, 0.25) is 10.0 Å². The maximum absolute atomic E-state index is 13.2. The van der Waals surface area contributed by atoms with Gasteiger partial charge in [-0.3, -0.25) is 24.3 Å². The van der Waals surface area contributed by atoms with Gasteiger partial charge in [-0.1, -0.05) is 34.4 Å². The lowest BCUT2D eigenvalue weighted by molar-refractivity contribution is -0.385. The molecule has 3 aromatic rings. The number of likely N-dealkylation sites (tertiary alicyclic amines) is 1. The minimum Gasteiger partial charge on any atom is -0.387 e. The van der Waals surface area contributed by atoms with E-state index in [1.54, 1.807) is 18.2 Å². The fourth-order valence-electron chi connectivity index (χ4n) is 4.77. The van der Waals surface area contributed by atoms with Crippen LogP contribution in [0, 0.1) is 10.1 Å². The number of piperidine rings is 1. The van der Waals surface area contributed by atoms with Crippen LogP contribution in [-0.4, -0.2) is 44.1 Å². The summed E-state index contributed by atoms with van der Waals surface area (Å²) in [7, 11) is 0. The van der Waals surface area contributed by atoms with Crippen LogP contribution >= 0.6 is 34.5 Å². The van der Waals surface area contributed by atoms with Crippen molar-refractivity contribution in [3.63, 3.8) is 0 Å². The summed E-state index contributed by atoms with van der Waals surface area (Å²) in [5, 5.41) is 19.0. The Morgan fingerprint density at radius 2 is 1.90 bits per heavy atom. The molecule has 0 saturated carbocycles. The molecule has 1 saturated heterocycles. The highest BCUT2D eigenvalue weighted by Gasteiger charge is 2.37. The summed E-state index contributed by atoms with van der Waals surface area (Å²) >= 11 is 14.0. The quantitative estimate of drug-likeness (QED) is 0.251. The number of rotatable bonds is 6. The molecule has 1 unspecified atom stereocenters. The van der Waals surface area contributed by atoms with Gasteiger partial charge in [-0.25, -0.2) is 4.98 Å². The monoisotopic (exact) mass is 629 g/mol. The van der Waals surface area contributed by atoms with E-state index in [2.05, 4.69) is 5.16 Å². The summed E-state index contributed by atoms with van der Waals surface area (Å²) in [6.45, 7) is -0.178. The Balaban J connectivity index is 1.21. The third-order valence-electron chi connectivity index (χ3n) is 6.90. The maximum Gasteiger partial charge on any atom is 0.421 e. The van der Waals surface area contributed by atoms with Gasteiger partial charge in [0, 0.05) is 52.5 Å². The normalized spacial score (nSPS) is 17.8. The molecule has 0 N–H and O–H groups in total. The maximum atomic E-state index is 13.2. The molecule has 2 aromatic heterocycles. The van der Waals surface area contributed by atoms with E-state index < -0.39 is 46.5 Å². The van der Waals surface area contributed by atoms with Gasteiger partial charge in [-0.2, -0.15) is 13.2 Å². The van der Waals surface area contributed by atoms with Gasteiger partial charge in [-0.05, 0) is 25.0 Å². The largest absolute Gasteiger partial charge is 0.421 e. The summed E-state index contributed by atoms with van der Waals surface area (Å²) in [4.78, 5) is 46.9. The van der Waals surface area contributed by atoms with E-state index in [0.717, 1.165) is 5.01 Å². The van der Waals surface area contributed by atoms with Crippen molar-refractivity contribution in [1.82, 2.24) is 14.5 Å². The molecular weight excluding hydrogens is 610 g/mol. The molecule has 1 amide bonds. The number of oxime groups is 1. The van der Waals surface area contributed by atoms with E-state index in [9.17, 15) is 32.9 Å². The van der Waals surface area contributed by atoms with Gasteiger partial charge in [-0.15, -0.1) is 11.3 Å². The SMILES string of the molecule is O=C(Cn1cc([N+](=O)[O-])cc(C(F)(F)F)c1=O)N1CCC(c2nc(C3=NOC(c4c(Cl)cccc4Cl)C3)cs2)CC1. The van der Waals surface area contributed by atoms with Crippen LogP contribution < -0.4 is 5.56 Å². The molecule has 4 heterocycles. The summed E-state index contributed by atoms with van der Waals surface area (Å²) in [5.74, 6) is -0.576. The number of hydrogen-bond donors (Lipinski definition) is 0. The number of benzene rings is 1. The van der Waals surface area contributed by atoms with E-state index in [-0.39, 0.29) is 25.1 Å². The number of halogens is 5. The highest BCUT2D eigenvalue weighted by molar-refractivity contribution is 7.10. The molecule has 0 spiro atoms. The summed E-state index contributed by atoms with van der Waals surface area (Å²) in [6.07, 6.45) is -3.37. The van der Waals surface area contributed by atoms with Crippen molar-refractivity contribution < 1.29 is 27.7 Å². The molecule has 16 heteroatoms. The number of hydrogen-bond acceptors (Lipinski definition) is 8. The Hall–Kier alpha value is -3.49. The van der Waals surface area contributed by atoms with Gasteiger partial charge in [0.1, 0.15) is 17.8 Å². The molecule has 1 fully saturated rings. The number of nitro groups is 1. The number of amides is 1. The van der Waals surface area contributed by atoms with E-state index in [1.807, 2.05) is 5.38 Å². The standard InChI is InChI=1S/C25H20Cl2F3N5O5S/c26-16-2-1-3-17(27)22(16)20-9-18(32-40-20)19-12-41-23(31-19)13-4-6-33(7-5-13)21(36)11-34-10-14(35(38)39)8-15(24(34)37)25(28,29)30/h1-3,8,10,12-13,20H,4-7,9,11H2.